The maximum absolute atomic E-state index is 11.9. The van der Waals surface area contributed by atoms with Gasteiger partial charge in [0.05, 0.1) is 21.3 Å². The maximum atomic E-state index is 11.9. The molecule has 1 rings (SSSR count). The van der Waals surface area contributed by atoms with Gasteiger partial charge >= 0.3 is 0 Å². The van der Waals surface area contributed by atoms with Gasteiger partial charge in [-0.2, -0.15) is 0 Å². The van der Waals surface area contributed by atoms with Gasteiger partial charge in [0.2, 0.25) is 5.75 Å². The van der Waals surface area contributed by atoms with Crippen molar-refractivity contribution in [1.82, 2.24) is 5.32 Å². The Hall–Kier alpha value is -1.91. The molecule has 0 unspecified atom stereocenters. The molecule has 1 aromatic carbocycles. The largest absolute Gasteiger partial charge is 0.493 e. The smallest absolute Gasteiger partial charge is 0.251 e. The summed E-state index contributed by atoms with van der Waals surface area (Å²) >= 11 is 0. The van der Waals surface area contributed by atoms with Gasteiger partial charge in [-0.1, -0.05) is 0 Å². The molecule has 100 valence electrons. The normalized spacial score (nSPS) is 10.1. The summed E-state index contributed by atoms with van der Waals surface area (Å²) in [6, 6.07) is 3.31. The van der Waals surface area contributed by atoms with Crippen LogP contribution in [0.15, 0.2) is 12.1 Å². The average Bonchev–Trinajstić information content (AvgIpc) is 2.35. The number of benzene rings is 1. The number of nitrogens with one attached hydrogen (secondary N) is 1. The van der Waals surface area contributed by atoms with Crippen LogP contribution in [0.5, 0.6) is 17.2 Å². The number of ether oxygens (including phenoxy) is 3. The first-order chi connectivity index (χ1) is 8.53. The minimum atomic E-state index is -0.177. The fourth-order valence-corrected chi connectivity index (χ4v) is 1.56. The fourth-order valence-electron chi connectivity index (χ4n) is 1.56. The van der Waals surface area contributed by atoms with E-state index in [2.05, 4.69) is 5.32 Å². The van der Waals surface area contributed by atoms with Crippen molar-refractivity contribution in [3.8, 4) is 17.2 Å². The minimum absolute atomic E-state index is 0.0663. The van der Waals surface area contributed by atoms with Crippen LogP contribution in [0.3, 0.4) is 0 Å². The first-order valence-corrected chi connectivity index (χ1v) is 5.64. The van der Waals surface area contributed by atoms with E-state index in [-0.39, 0.29) is 11.9 Å². The van der Waals surface area contributed by atoms with Crippen molar-refractivity contribution in [2.75, 3.05) is 21.3 Å². The van der Waals surface area contributed by atoms with Gasteiger partial charge in [0.25, 0.3) is 5.91 Å². The highest BCUT2D eigenvalue weighted by Crippen LogP contribution is 2.38. The Bertz CT molecular complexity index is 404. The molecule has 0 aliphatic carbocycles. The molecule has 0 saturated carbocycles. The molecule has 0 aromatic heterocycles. The van der Waals surface area contributed by atoms with E-state index in [1.807, 2.05) is 13.8 Å². The Balaban J connectivity index is 3.18. The lowest BCUT2D eigenvalue weighted by molar-refractivity contribution is 0.0942. The molecule has 0 spiro atoms. The number of methoxy groups -OCH3 is 3. The van der Waals surface area contributed by atoms with Crippen LogP contribution in [0.2, 0.25) is 0 Å². The molecule has 1 amide bonds. The molecule has 0 atom stereocenters. The van der Waals surface area contributed by atoms with Crippen LogP contribution in [-0.4, -0.2) is 33.3 Å². The van der Waals surface area contributed by atoms with Crippen LogP contribution in [0.25, 0.3) is 0 Å². The molecule has 0 radical (unpaired) electrons. The third-order valence-corrected chi connectivity index (χ3v) is 2.35. The standard InChI is InChI=1S/C13H19NO4/c1-8(2)14-13(15)9-6-10(16-3)12(18-5)11(7-9)17-4/h6-8H,1-5H3,(H,14,15). The van der Waals surface area contributed by atoms with E-state index in [0.717, 1.165) is 0 Å². The number of hydrogen-bond acceptors (Lipinski definition) is 4. The van der Waals surface area contributed by atoms with Gasteiger partial charge in [0.15, 0.2) is 11.5 Å². The van der Waals surface area contributed by atoms with Crippen LogP contribution >= 0.6 is 0 Å². The van der Waals surface area contributed by atoms with E-state index >= 15 is 0 Å². The lowest BCUT2D eigenvalue weighted by Crippen LogP contribution is -2.30. The second-order valence-corrected chi connectivity index (χ2v) is 4.04. The molecule has 0 bridgehead atoms. The minimum Gasteiger partial charge on any atom is -0.493 e. The van der Waals surface area contributed by atoms with E-state index < -0.39 is 0 Å². The van der Waals surface area contributed by atoms with Gasteiger partial charge in [0, 0.05) is 11.6 Å². The lowest BCUT2D eigenvalue weighted by atomic mass is 10.1. The van der Waals surface area contributed by atoms with E-state index in [9.17, 15) is 4.79 Å². The van der Waals surface area contributed by atoms with Crippen LogP contribution in [0, 0.1) is 0 Å². The Morgan fingerprint density at radius 3 is 1.89 bits per heavy atom. The Morgan fingerprint density at radius 1 is 1.06 bits per heavy atom. The van der Waals surface area contributed by atoms with Crippen molar-refractivity contribution in [1.29, 1.82) is 0 Å². The van der Waals surface area contributed by atoms with Gasteiger partial charge in [-0.3, -0.25) is 4.79 Å². The molecule has 0 saturated heterocycles. The van der Waals surface area contributed by atoms with Crippen molar-refractivity contribution in [2.24, 2.45) is 0 Å². The van der Waals surface area contributed by atoms with Crippen LogP contribution < -0.4 is 19.5 Å². The topological polar surface area (TPSA) is 56.8 Å². The predicted molar refractivity (Wildman–Crippen MR) is 68.7 cm³/mol. The van der Waals surface area contributed by atoms with E-state index in [4.69, 9.17) is 14.2 Å². The molecule has 5 heteroatoms. The van der Waals surface area contributed by atoms with Crippen molar-refractivity contribution >= 4 is 5.91 Å². The van der Waals surface area contributed by atoms with E-state index in [1.54, 1.807) is 12.1 Å². The summed E-state index contributed by atoms with van der Waals surface area (Å²) in [6.45, 7) is 3.80. The summed E-state index contributed by atoms with van der Waals surface area (Å²) < 4.78 is 15.6. The zero-order valence-electron chi connectivity index (χ0n) is 11.4. The Kier molecular flexibility index (Phi) is 4.83. The Labute approximate surface area is 107 Å². The van der Waals surface area contributed by atoms with Gasteiger partial charge in [-0.05, 0) is 26.0 Å². The number of carbonyl (C=O) groups excluding carboxylic acids is 1. The molecule has 1 N–H and O–H groups in total. The summed E-state index contributed by atoms with van der Waals surface area (Å²) in [5.41, 5.74) is 0.471. The summed E-state index contributed by atoms with van der Waals surface area (Å²) in [5, 5.41) is 2.81. The molecule has 1 aromatic rings. The zero-order chi connectivity index (χ0) is 13.7. The van der Waals surface area contributed by atoms with Crippen molar-refractivity contribution in [3.63, 3.8) is 0 Å². The lowest BCUT2D eigenvalue weighted by Gasteiger charge is -2.14. The average molecular weight is 253 g/mol. The summed E-state index contributed by atoms with van der Waals surface area (Å²) in [7, 11) is 4.55. The maximum Gasteiger partial charge on any atom is 0.251 e. The number of rotatable bonds is 5. The first kappa shape index (κ1) is 14.2. The molecule has 0 aliphatic rings. The summed E-state index contributed by atoms with van der Waals surface area (Å²) in [5.74, 6) is 1.22. The van der Waals surface area contributed by atoms with Gasteiger partial charge < -0.3 is 19.5 Å². The third-order valence-electron chi connectivity index (χ3n) is 2.35. The molecule has 18 heavy (non-hydrogen) atoms. The van der Waals surface area contributed by atoms with Crippen molar-refractivity contribution in [3.05, 3.63) is 17.7 Å². The number of hydrogen-bond donors (Lipinski definition) is 1. The van der Waals surface area contributed by atoms with Crippen molar-refractivity contribution < 1.29 is 19.0 Å². The highest BCUT2D eigenvalue weighted by atomic mass is 16.5. The summed E-state index contributed by atoms with van der Waals surface area (Å²) in [6.07, 6.45) is 0. The molecule has 0 aliphatic heterocycles. The van der Waals surface area contributed by atoms with Crippen molar-refractivity contribution in [2.45, 2.75) is 19.9 Å². The molecule has 5 nitrogen and oxygen atoms in total. The highest BCUT2D eigenvalue weighted by molar-refractivity contribution is 5.95. The second-order valence-electron chi connectivity index (χ2n) is 4.04. The van der Waals surface area contributed by atoms with Gasteiger partial charge in [-0.15, -0.1) is 0 Å². The number of amides is 1. The molecular formula is C13H19NO4. The van der Waals surface area contributed by atoms with Crippen LogP contribution in [0.4, 0.5) is 0 Å². The fraction of sp³-hybridized carbons (Fsp3) is 0.462. The highest BCUT2D eigenvalue weighted by Gasteiger charge is 2.17. The zero-order valence-corrected chi connectivity index (χ0v) is 11.4. The van der Waals surface area contributed by atoms with Crippen LogP contribution in [0.1, 0.15) is 24.2 Å². The second kappa shape index (κ2) is 6.14. The molecule has 0 fully saturated rings. The third kappa shape index (κ3) is 3.06. The monoisotopic (exact) mass is 253 g/mol. The molecular weight excluding hydrogens is 234 g/mol. The quantitative estimate of drug-likeness (QED) is 0.870. The SMILES string of the molecule is COc1cc(C(=O)NC(C)C)cc(OC)c1OC. The molecule has 0 heterocycles. The van der Waals surface area contributed by atoms with Crippen LogP contribution in [-0.2, 0) is 0 Å². The Morgan fingerprint density at radius 2 is 1.56 bits per heavy atom. The van der Waals surface area contributed by atoms with Gasteiger partial charge in [0.1, 0.15) is 0 Å². The first-order valence-electron chi connectivity index (χ1n) is 5.64. The van der Waals surface area contributed by atoms with Gasteiger partial charge in [-0.25, -0.2) is 0 Å². The summed E-state index contributed by atoms with van der Waals surface area (Å²) in [4.78, 5) is 11.9. The predicted octanol–water partition coefficient (Wildman–Crippen LogP) is 1.85. The van der Waals surface area contributed by atoms with E-state index in [0.29, 0.717) is 22.8 Å². The van der Waals surface area contributed by atoms with E-state index in [1.165, 1.54) is 21.3 Å². The number of carbonyl (C=O) groups is 1.